The summed E-state index contributed by atoms with van der Waals surface area (Å²) in [5.41, 5.74) is 0. The van der Waals surface area contributed by atoms with Gasteiger partial charge in [0.1, 0.15) is 0 Å². The van der Waals surface area contributed by atoms with Gasteiger partial charge in [-0.15, -0.1) is 0 Å². The molecule has 0 bridgehead atoms. The van der Waals surface area contributed by atoms with E-state index >= 15 is 0 Å². The van der Waals surface area contributed by atoms with Crippen molar-refractivity contribution < 1.29 is 32.7 Å². The summed E-state index contributed by atoms with van der Waals surface area (Å²) in [4.78, 5) is 0. The minimum atomic E-state index is 0. The topological polar surface area (TPSA) is 0 Å². The first kappa shape index (κ1) is 46.2. The SMILES string of the molecule is C=[C-]C.CC.CC.CC.CC.[CH2-]C.[Y]. The van der Waals surface area contributed by atoms with Crippen molar-refractivity contribution in [2.45, 2.75) is 69.2 Å². The van der Waals surface area contributed by atoms with Crippen LogP contribution in [0.4, 0.5) is 0 Å². The fourth-order valence-electron chi connectivity index (χ4n) is 0. The summed E-state index contributed by atoms with van der Waals surface area (Å²) in [6.07, 6.45) is 2.50. The van der Waals surface area contributed by atoms with Crippen LogP contribution in [0.5, 0.6) is 0 Å². The molecule has 0 aromatic rings. The second-order valence-electron chi connectivity index (χ2n) is 0.354. The molecule has 1 heteroatoms. The molecule has 14 heavy (non-hydrogen) atoms. The smallest absolute Gasteiger partial charge is 0 e. The van der Waals surface area contributed by atoms with Crippen molar-refractivity contribution in [3.8, 4) is 0 Å². The Morgan fingerprint density at radius 2 is 0.714 bits per heavy atom. The van der Waals surface area contributed by atoms with E-state index in [1.807, 2.05) is 55.4 Å². The predicted molar refractivity (Wildman–Crippen MR) is 71.0 cm³/mol. The Morgan fingerprint density at radius 3 is 0.714 bits per heavy atom. The molecule has 0 heterocycles. The summed E-state index contributed by atoms with van der Waals surface area (Å²) in [6, 6.07) is 0. The van der Waals surface area contributed by atoms with E-state index in [4.69, 9.17) is 0 Å². The molecular formula is C13H34Y-2. The van der Waals surface area contributed by atoms with Crippen LogP contribution in [-0.2, 0) is 32.7 Å². The average Bonchev–Trinajstić information content (AvgIpc) is 2.32. The van der Waals surface area contributed by atoms with Crippen molar-refractivity contribution in [2.24, 2.45) is 0 Å². The average molecular weight is 279 g/mol. The molecule has 0 aliphatic rings. The maximum absolute atomic E-state index is 3.25. The summed E-state index contributed by atoms with van der Waals surface area (Å²) in [6.45, 7) is 26.0. The summed E-state index contributed by atoms with van der Waals surface area (Å²) in [5, 5.41) is 0. The van der Waals surface area contributed by atoms with Gasteiger partial charge in [0.15, 0.2) is 0 Å². The van der Waals surface area contributed by atoms with E-state index in [1.165, 1.54) is 0 Å². The van der Waals surface area contributed by atoms with Gasteiger partial charge in [-0.25, -0.2) is 0 Å². The van der Waals surface area contributed by atoms with Crippen molar-refractivity contribution in [1.29, 1.82) is 0 Å². The van der Waals surface area contributed by atoms with Crippen LogP contribution in [0.15, 0.2) is 6.58 Å². The zero-order chi connectivity index (χ0) is 12.7. The number of hydrogen-bond acceptors (Lipinski definition) is 0. The zero-order valence-corrected chi connectivity index (χ0v) is 15.3. The first-order valence-corrected chi connectivity index (χ1v) is 5.56. The number of rotatable bonds is 0. The van der Waals surface area contributed by atoms with E-state index in [0.29, 0.717) is 0 Å². The van der Waals surface area contributed by atoms with Crippen LogP contribution < -0.4 is 0 Å². The maximum atomic E-state index is 3.25. The van der Waals surface area contributed by atoms with Gasteiger partial charge in [0.25, 0.3) is 0 Å². The van der Waals surface area contributed by atoms with E-state index in [-0.39, 0.29) is 32.7 Å². The zero-order valence-electron chi connectivity index (χ0n) is 12.5. The molecule has 0 N–H and O–H groups in total. The Bertz CT molecular complexity index is 12.7. The van der Waals surface area contributed by atoms with Crippen LogP contribution in [0.25, 0.3) is 0 Å². The van der Waals surface area contributed by atoms with Crippen LogP contribution >= 0.6 is 0 Å². The molecule has 0 spiro atoms. The molecule has 0 saturated heterocycles. The van der Waals surface area contributed by atoms with Gasteiger partial charge in [0, 0.05) is 32.7 Å². The van der Waals surface area contributed by atoms with Crippen LogP contribution in [0.3, 0.4) is 0 Å². The van der Waals surface area contributed by atoms with Gasteiger partial charge in [0.2, 0.25) is 0 Å². The van der Waals surface area contributed by atoms with Gasteiger partial charge in [0.05, 0.1) is 0 Å². The first-order valence-electron chi connectivity index (χ1n) is 5.56. The molecule has 0 unspecified atom stereocenters. The minimum absolute atomic E-state index is 0. The van der Waals surface area contributed by atoms with E-state index in [1.54, 1.807) is 13.8 Å². The Morgan fingerprint density at radius 1 is 0.714 bits per heavy atom. The number of allylic oxidation sites excluding steroid dienone is 1. The Kier molecular flexibility index (Phi) is 2220. The third-order valence-electron chi connectivity index (χ3n) is 0. The van der Waals surface area contributed by atoms with E-state index in [9.17, 15) is 0 Å². The molecule has 0 fully saturated rings. The molecule has 0 amide bonds. The van der Waals surface area contributed by atoms with Gasteiger partial charge in [-0.3, -0.25) is 6.58 Å². The second-order valence-corrected chi connectivity index (χ2v) is 0.354. The molecule has 1 radical (unpaired) electrons. The van der Waals surface area contributed by atoms with Crippen molar-refractivity contribution in [2.75, 3.05) is 0 Å². The molecule has 0 aromatic heterocycles. The van der Waals surface area contributed by atoms with Gasteiger partial charge in [-0.1, -0.05) is 55.4 Å². The van der Waals surface area contributed by atoms with Crippen LogP contribution in [-0.4, -0.2) is 0 Å². The molecule has 0 atom stereocenters. The van der Waals surface area contributed by atoms with Crippen LogP contribution in [0, 0.1) is 13.0 Å². The summed E-state index contributed by atoms with van der Waals surface area (Å²) in [7, 11) is 0. The summed E-state index contributed by atoms with van der Waals surface area (Å²) >= 11 is 0. The van der Waals surface area contributed by atoms with Gasteiger partial charge >= 0.3 is 0 Å². The monoisotopic (exact) mass is 279 g/mol. The molecule has 0 saturated carbocycles. The summed E-state index contributed by atoms with van der Waals surface area (Å²) in [5.74, 6) is 0. The van der Waals surface area contributed by atoms with Crippen molar-refractivity contribution in [3.63, 3.8) is 0 Å². The predicted octanol–water partition coefficient (Wildman–Crippen LogP) is 5.94. The molecule has 91 valence electrons. The fourth-order valence-corrected chi connectivity index (χ4v) is 0. The third kappa shape index (κ3) is 2530. The van der Waals surface area contributed by atoms with Crippen LogP contribution in [0.1, 0.15) is 69.2 Å². The van der Waals surface area contributed by atoms with E-state index < -0.39 is 0 Å². The Balaban J connectivity index is -0.00000000838. The minimum Gasteiger partial charge on any atom is -0.507 e. The molecule has 0 nitrogen and oxygen atoms in total. The molecular weight excluding hydrogens is 245 g/mol. The molecule has 0 aromatic carbocycles. The summed E-state index contributed by atoms with van der Waals surface area (Å²) < 4.78 is 0. The normalized spacial score (nSPS) is 3.07. The molecule has 0 aliphatic carbocycles. The number of hydrogen-bond donors (Lipinski definition) is 0. The molecule has 0 aliphatic heterocycles. The van der Waals surface area contributed by atoms with Crippen molar-refractivity contribution >= 4 is 0 Å². The van der Waals surface area contributed by atoms with E-state index in [0.717, 1.165) is 0 Å². The maximum Gasteiger partial charge on any atom is 0 e. The van der Waals surface area contributed by atoms with Crippen molar-refractivity contribution in [1.82, 2.24) is 0 Å². The standard InChI is InChI=1S/C3H5.4C2H6.C2H5.Y/c1-3-2;5*1-2;/h1H2,2H3;4*1-2H3;1H2,2H3;/q-1;;;;;-1;. The van der Waals surface area contributed by atoms with E-state index in [2.05, 4.69) is 19.6 Å². The van der Waals surface area contributed by atoms with Gasteiger partial charge in [-0.05, 0) is 0 Å². The molecule has 0 rings (SSSR count). The fraction of sp³-hybridized carbons (Fsp3) is 0.769. The van der Waals surface area contributed by atoms with Crippen LogP contribution in [0.2, 0.25) is 0 Å². The first-order chi connectivity index (χ1) is 6.41. The third-order valence-corrected chi connectivity index (χ3v) is 0. The van der Waals surface area contributed by atoms with Gasteiger partial charge in [-0.2, -0.15) is 13.8 Å². The Hall–Kier alpha value is 0.844. The van der Waals surface area contributed by atoms with Gasteiger partial charge < -0.3 is 13.0 Å². The van der Waals surface area contributed by atoms with Crippen molar-refractivity contribution in [3.05, 3.63) is 19.6 Å². The second kappa shape index (κ2) is 672. The Labute approximate surface area is 121 Å². The quantitative estimate of drug-likeness (QED) is 0.481. The largest absolute Gasteiger partial charge is 0.507 e.